The Kier molecular flexibility index (Phi) is 5.31. The highest BCUT2D eigenvalue weighted by Crippen LogP contribution is 2.29. The summed E-state index contributed by atoms with van der Waals surface area (Å²) in [4.78, 5) is 24.1. The van der Waals surface area contributed by atoms with Crippen LogP contribution in [0.3, 0.4) is 0 Å². The maximum absolute atomic E-state index is 12.5. The van der Waals surface area contributed by atoms with Crippen molar-refractivity contribution in [2.24, 2.45) is 0 Å². The zero-order chi connectivity index (χ0) is 19.4. The van der Waals surface area contributed by atoms with Crippen molar-refractivity contribution in [1.29, 1.82) is 0 Å². The lowest BCUT2D eigenvalue weighted by Crippen LogP contribution is -2.43. The van der Waals surface area contributed by atoms with Crippen LogP contribution < -0.4 is 15.7 Å². The van der Waals surface area contributed by atoms with Crippen molar-refractivity contribution in [2.45, 2.75) is 32.2 Å². The Morgan fingerprint density at radius 3 is 2.48 bits per heavy atom. The van der Waals surface area contributed by atoms with Crippen LogP contribution in [0.4, 0.5) is 0 Å². The van der Waals surface area contributed by atoms with E-state index in [4.69, 9.17) is 9.15 Å². The molecular formula is C22H23NO4. The summed E-state index contributed by atoms with van der Waals surface area (Å²) in [6.07, 6.45) is 1.25. The van der Waals surface area contributed by atoms with Crippen LogP contribution in [-0.4, -0.2) is 18.6 Å². The summed E-state index contributed by atoms with van der Waals surface area (Å²) < 4.78 is 10.9. The number of aryl methyl sites for hydroxylation is 1. The number of rotatable bonds is 6. The number of hydrogen-bond acceptors (Lipinski definition) is 4. The molecule has 0 unspecified atom stereocenters. The van der Waals surface area contributed by atoms with E-state index >= 15 is 0 Å². The summed E-state index contributed by atoms with van der Waals surface area (Å²) >= 11 is 0. The fourth-order valence-electron chi connectivity index (χ4n) is 3.07. The molecule has 3 rings (SSSR count). The minimum atomic E-state index is -0.449. The van der Waals surface area contributed by atoms with Crippen LogP contribution in [0.5, 0.6) is 5.75 Å². The monoisotopic (exact) mass is 365 g/mol. The molecule has 140 valence electrons. The van der Waals surface area contributed by atoms with Crippen molar-refractivity contribution >= 4 is 16.9 Å². The molecule has 0 radical (unpaired) electrons. The number of methoxy groups -OCH3 is 1. The molecule has 27 heavy (non-hydrogen) atoms. The molecule has 0 atom stereocenters. The van der Waals surface area contributed by atoms with Gasteiger partial charge in [-0.05, 0) is 57.0 Å². The summed E-state index contributed by atoms with van der Waals surface area (Å²) in [6.45, 7) is 3.95. The van der Waals surface area contributed by atoms with Crippen molar-refractivity contribution in [3.05, 3.63) is 76.1 Å². The van der Waals surface area contributed by atoms with E-state index < -0.39 is 11.2 Å². The highest BCUT2D eigenvalue weighted by Gasteiger charge is 2.23. The first-order chi connectivity index (χ1) is 12.9. The molecular weight excluding hydrogens is 342 g/mol. The molecule has 0 aliphatic heterocycles. The fraction of sp³-hybridized carbons (Fsp3) is 0.273. The second-order valence-corrected chi connectivity index (χ2v) is 7.12. The Morgan fingerprint density at radius 1 is 1.07 bits per heavy atom. The van der Waals surface area contributed by atoms with Gasteiger partial charge >= 0.3 is 5.63 Å². The van der Waals surface area contributed by atoms with Crippen LogP contribution in [0.2, 0.25) is 0 Å². The average Bonchev–Trinajstić information content (AvgIpc) is 2.66. The van der Waals surface area contributed by atoms with Crippen molar-refractivity contribution in [3.8, 4) is 5.75 Å². The normalized spacial score (nSPS) is 11.4. The summed E-state index contributed by atoms with van der Waals surface area (Å²) in [6, 6.07) is 16.0. The van der Waals surface area contributed by atoms with E-state index in [0.29, 0.717) is 29.7 Å². The molecule has 1 heterocycles. The Labute approximate surface area is 158 Å². The quantitative estimate of drug-likeness (QED) is 0.672. The van der Waals surface area contributed by atoms with Crippen LogP contribution in [0.25, 0.3) is 11.0 Å². The van der Waals surface area contributed by atoms with Gasteiger partial charge < -0.3 is 14.5 Å². The van der Waals surface area contributed by atoms with Crippen molar-refractivity contribution < 1.29 is 13.9 Å². The van der Waals surface area contributed by atoms with Crippen LogP contribution in [0.1, 0.15) is 36.2 Å². The minimum absolute atomic E-state index is 0.114. The maximum Gasteiger partial charge on any atom is 0.336 e. The van der Waals surface area contributed by atoms with Crippen LogP contribution >= 0.6 is 0 Å². The largest absolute Gasteiger partial charge is 0.496 e. The van der Waals surface area contributed by atoms with E-state index in [1.165, 1.54) is 6.07 Å². The number of carbonyl (C=O) groups is 1. The molecule has 0 fully saturated rings. The third kappa shape index (κ3) is 4.37. The van der Waals surface area contributed by atoms with Gasteiger partial charge in [0.05, 0.1) is 7.11 Å². The molecule has 0 saturated carbocycles. The van der Waals surface area contributed by atoms with Gasteiger partial charge in [0.2, 0.25) is 0 Å². The highest BCUT2D eigenvalue weighted by atomic mass is 16.5. The number of nitrogens with one attached hydrogen (secondary N) is 1. The number of hydrogen-bond donors (Lipinski definition) is 1. The number of carbonyl (C=O) groups excluding carboxylic acids is 1. The van der Waals surface area contributed by atoms with Crippen LogP contribution in [-0.2, 0) is 6.42 Å². The second-order valence-electron chi connectivity index (χ2n) is 7.12. The third-order valence-corrected chi connectivity index (χ3v) is 4.56. The molecule has 0 aliphatic rings. The lowest BCUT2D eigenvalue weighted by Gasteiger charge is -2.27. The van der Waals surface area contributed by atoms with Gasteiger partial charge in [-0.1, -0.05) is 18.2 Å². The first kappa shape index (κ1) is 18.7. The summed E-state index contributed by atoms with van der Waals surface area (Å²) in [7, 11) is 1.59. The molecule has 5 nitrogen and oxygen atoms in total. The molecule has 1 amide bonds. The van der Waals surface area contributed by atoms with E-state index in [2.05, 4.69) is 5.32 Å². The lowest BCUT2D eigenvalue weighted by atomic mass is 9.93. The topological polar surface area (TPSA) is 68.5 Å². The molecule has 0 bridgehead atoms. The zero-order valence-corrected chi connectivity index (χ0v) is 15.7. The van der Waals surface area contributed by atoms with Gasteiger partial charge in [-0.15, -0.1) is 0 Å². The van der Waals surface area contributed by atoms with Gasteiger partial charge in [-0.3, -0.25) is 4.79 Å². The van der Waals surface area contributed by atoms with Crippen LogP contribution in [0.15, 0.2) is 63.8 Å². The first-order valence-corrected chi connectivity index (χ1v) is 8.87. The number of benzene rings is 2. The van der Waals surface area contributed by atoms with Crippen molar-refractivity contribution in [2.75, 3.05) is 7.11 Å². The Balaban J connectivity index is 1.82. The first-order valence-electron chi connectivity index (χ1n) is 8.87. The van der Waals surface area contributed by atoms with E-state index in [9.17, 15) is 9.59 Å². The molecule has 3 aromatic rings. The SMILES string of the molecule is COc1ccc2ccc(=O)oc2c1CCC(C)(C)NC(=O)c1ccccc1. The molecule has 1 aromatic heterocycles. The van der Waals surface area contributed by atoms with Crippen LogP contribution in [0, 0.1) is 0 Å². The fourth-order valence-corrected chi connectivity index (χ4v) is 3.07. The van der Waals surface area contributed by atoms with Crippen molar-refractivity contribution in [1.82, 2.24) is 5.32 Å². The standard InChI is InChI=1S/C22H23NO4/c1-22(2,23-21(25)16-7-5-4-6-8-16)14-13-17-18(26-3)11-9-15-10-12-19(24)27-20(15)17/h4-12H,13-14H2,1-3H3,(H,23,25). The molecule has 0 spiro atoms. The van der Waals surface area contributed by atoms with Gasteiger partial charge in [0, 0.05) is 28.1 Å². The third-order valence-electron chi connectivity index (χ3n) is 4.56. The molecule has 2 aromatic carbocycles. The summed E-state index contributed by atoms with van der Waals surface area (Å²) in [5.41, 5.74) is 1.14. The molecule has 5 heteroatoms. The van der Waals surface area contributed by atoms with E-state index in [1.54, 1.807) is 25.3 Å². The summed E-state index contributed by atoms with van der Waals surface area (Å²) in [5.74, 6) is 0.555. The Bertz CT molecular complexity index is 1010. The predicted octanol–water partition coefficient (Wildman–Crippen LogP) is 3.94. The second kappa shape index (κ2) is 7.66. The predicted molar refractivity (Wildman–Crippen MR) is 105 cm³/mol. The lowest BCUT2D eigenvalue weighted by molar-refractivity contribution is 0.0909. The van der Waals surface area contributed by atoms with Gasteiger partial charge in [-0.2, -0.15) is 0 Å². The highest BCUT2D eigenvalue weighted by molar-refractivity contribution is 5.94. The van der Waals surface area contributed by atoms with E-state index in [0.717, 1.165) is 10.9 Å². The molecule has 0 aliphatic carbocycles. The average molecular weight is 365 g/mol. The van der Waals surface area contributed by atoms with E-state index in [-0.39, 0.29) is 5.91 Å². The Morgan fingerprint density at radius 2 is 1.78 bits per heavy atom. The van der Waals surface area contributed by atoms with Gasteiger partial charge in [0.1, 0.15) is 11.3 Å². The smallest absolute Gasteiger partial charge is 0.336 e. The van der Waals surface area contributed by atoms with Crippen molar-refractivity contribution in [3.63, 3.8) is 0 Å². The molecule has 0 saturated heterocycles. The molecule has 1 N–H and O–H groups in total. The number of fused-ring (bicyclic) bond motifs is 1. The minimum Gasteiger partial charge on any atom is -0.496 e. The van der Waals surface area contributed by atoms with Gasteiger partial charge in [0.15, 0.2) is 0 Å². The van der Waals surface area contributed by atoms with Gasteiger partial charge in [-0.25, -0.2) is 4.79 Å². The number of amides is 1. The summed E-state index contributed by atoms with van der Waals surface area (Å²) in [5, 5.41) is 3.91. The van der Waals surface area contributed by atoms with E-state index in [1.807, 2.05) is 44.2 Å². The zero-order valence-electron chi connectivity index (χ0n) is 15.7. The Hall–Kier alpha value is -3.08. The maximum atomic E-state index is 12.5. The van der Waals surface area contributed by atoms with Gasteiger partial charge in [0.25, 0.3) is 5.91 Å². The number of ether oxygens (including phenoxy) is 1.